The highest BCUT2D eigenvalue weighted by Gasteiger charge is 2.23. The minimum atomic E-state index is 0.0546. The van der Waals surface area contributed by atoms with Crippen LogP contribution in [-0.4, -0.2) is 38.6 Å². The number of aryl methyl sites for hydroxylation is 1. The van der Waals surface area contributed by atoms with Gasteiger partial charge in [0.25, 0.3) is 0 Å². The van der Waals surface area contributed by atoms with Gasteiger partial charge in [0.2, 0.25) is 5.88 Å². The summed E-state index contributed by atoms with van der Waals surface area (Å²) in [5, 5.41) is 12.1. The number of imidazole rings is 1. The molecular formula is C19H21N4OS+. The monoisotopic (exact) mass is 353 g/mol. The topological polar surface area (TPSA) is 67.2 Å². The quantitative estimate of drug-likeness (QED) is 0.543. The second-order valence-electron chi connectivity index (χ2n) is 6.63. The first-order valence-corrected chi connectivity index (χ1v) is 9.03. The van der Waals surface area contributed by atoms with Crippen molar-refractivity contribution in [2.45, 2.75) is 26.2 Å². The average Bonchev–Trinajstić information content (AvgIpc) is 2.92. The molecule has 6 heteroatoms. The number of nitrogens with one attached hydrogen (secondary N) is 2. The van der Waals surface area contributed by atoms with Gasteiger partial charge in [-0.15, -0.1) is 0 Å². The largest absolute Gasteiger partial charge is 0.493 e. The lowest BCUT2D eigenvalue weighted by Gasteiger charge is -2.15. The molecule has 0 spiro atoms. The summed E-state index contributed by atoms with van der Waals surface area (Å²) >= 11 is 5.07. The normalized spacial score (nSPS) is 18.7. The molecular weight excluding hydrogens is 332 g/mol. The maximum atomic E-state index is 10.0. The highest BCUT2D eigenvalue weighted by atomic mass is 32.1. The molecule has 0 amide bonds. The Labute approximate surface area is 150 Å². The van der Waals surface area contributed by atoms with Gasteiger partial charge in [-0.2, -0.15) is 0 Å². The molecule has 0 aliphatic carbocycles. The van der Waals surface area contributed by atoms with Gasteiger partial charge in [-0.05, 0) is 67.7 Å². The van der Waals surface area contributed by atoms with Crippen LogP contribution in [0.3, 0.4) is 0 Å². The van der Waals surface area contributed by atoms with Gasteiger partial charge in [-0.1, -0.05) is 11.6 Å². The van der Waals surface area contributed by atoms with Gasteiger partial charge in [-0.3, -0.25) is 4.58 Å². The van der Waals surface area contributed by atoms with Gasteiger partial charge >= 0.3 is 5.84 Å². The third-order valence-corrected chi connectivity index (χ3v) is 4.87. The van der Waals surface area contributed by atoms with Crippen molar-refractivity contribution in [3.05, 3.63) is 50.4 Å². The fourth-order valence-electron chi connectivity index (χ4n) is 3.41. The van der Waals surface area contributed by atoms with E-state index in [2.05, 4.69) is 45.7 Å². The number of aromatic nitrogens is 2. The number of aromatic amines is 2. The van der Waals surface area contributed by atoms with Gasteiger partial charge in [0.15, 0.2) is 10.1 Å². The summed E-state index contributed by atoms with van der Waals surface area (Å²) in [5.41, 5.74) is 2.77. The van der Waals surface area contributed by atoms with Crippen molar-refractivity contribution in [2.24, 2.45) is 4.99 Å². The summed E-state index contributed by atoms with van der Waals surface area (Å²) in [5.74, 6) is 1.02. The second kappa shape index (κ2) is 6.44. The van der Waals surface area contributed by atoms with E-state index >= 15 is 0 Å². The number of rotatable bonds is 1. The maximum Gasteiger partial charge on any atom is 0.326 e. The van der Waals surface area contributed by atoms with Gasteiger partial charge in [0.1, 0.15) is 5.69 Å². The van der Waals surface area contributed by atoms with Crippen LogP contribution in [0.15, 0.2) is 28.8 Å². The molecule has 25 heavy (non-hydrogen) atoms. The Morgan fingerprint density at radius 1 is 1.20 bits per heavy atom. The van der Waals surface area contributed by atoms with E-state index in [1.54, 1.807) is 0 Å². The van der Waals surface area contributed by atoms with Crippen LogP contribution in [0.25, 0.3) is 12.2 Å². The molecule has 3 heterocycles. The minimum absolute atomic E-state index is 0.0546. The smallest absolute Gasteiger partial charge is 0.326 e. The standard InChI is InChI=1S/C19H20N4OS/c1-12-5-6-15-13(9-12)10-14(11-16-18(24)22-19(25)21-16)17(20-15)23-7-3-2-4-8-23/h5-6,9-11H,2-4,7-8H2,1H3,(H2,21,22,24,25)/p+1. The summed E-state index contributed by atoms with van der Waals surface area (Å²) in [6.45, 7) is 4.11. The SMILES string of the molecule is Cc1ccc2c(c1)=C/C(=C\c1[nH]c(=S)[nH]c1O)C(=[N+]1CCCCC1)N=2. The molecule has 0 atom stereocenters. The van der Waals surface area contributed by atoms with E-state index in [0.717, 1.165) is 35.1 Å². The lowest BCUT2D eigenvalue weighted by molar-refractivity contribution is -0.537. The summed E-state index contributed by atoms with van der Waals surface area (Å²) in [7, 11) is 0. The van der Waals surface area contributed by atoms with Crippen molar-refractivity contribution in [2.75, 3.05) is 13.1 Å². The minimum Gasteiger partial charge on any atom is -0.493 e. The Morgan fingerprint density at radius 2 is 2.00 bits per heavy atom. The lowest BCUT2D eigenvalue weighted by atomic mass is 10.1. The zero-order chi connectivity index (χ0) is 17.4. The number of benzene rings is 1. The van der Waals surface area contributed by atoms with Gasteiger partial charge in [0.05, 0.1) is 18.7 Å². The molecule has 0 unspecified atom stereocenters. The zero-order valence-electron chi connectivity index (χ0n) is 14.2. The third-order valence-electron chi connectivity index (χ3n) is 4.67. The van der Waals surface area contributed by atoms with E-state index < -0.39 is 0 Å². The number of hydrogen-bond donors (Lipinski definition) is 3. The number of amidine groups is 1. The Bertz CT molecular complexity index is 1060. The number of piperidine rings is 1. The molecule has 2 aliphatic heterocycles. The predicted octanol–water partition coefficient (Wildman–Crippen LogP) is 2.18. The zero-order valence-corrected chi connectivity index (χ0v) is 15.0. The summed E-state index contributed by atoms with van der Waals surface area (Å²) in [6, 6.07) is 6.30. The fraction of sp³-hybridized carbons (Fsp3) is 0.316. The third kappa shape index (κ3) is 3.22. The van der Waals surface area contributed by atoms with E-state index in [-0.39, 0.29) is 5.88 Å². The van der Waals surface area contributed by atoms with E-state index in [9.17, 15) is 5.11 Å². The lowest BCUT2D eigenvalue weighted by Crippen LogP contribution is -2.36. The maximum absolute atomic E-state index is 10.0. The number of H-pyrrole nitrogens is 2. The molecule has 1 aromatic carbocycles. The van der Waals surface area contributed by atoms with Crippen molar-refractivity contribution in [1.29, 1.82) is 0 Å². The van der Waals surface area contributed by atoms with E-state index in [0.29, 0.717) is 10.5 Å². The first-order chi connectivity index (χ1) is 12.1. The molecule has 5 nitrogen and oxygen atoms in total. The van der Waals surface area contributed by atoms with Crippen LogP contribution in [0, 0.1) is 11.7 Å². The Balaban J connectivity index is 1.94. The van der Waals surface area contributed by atoms with E-state index in [1.807, 2.05) is 6.08 Å². The Kier molecular flexibility index (Phi) is 4.13. The fourth-order valence-corrected chi connectivity index (χ4v) is 3.62. The molecule has 1 saturated heterocycles. The number of hydrogen-bond acceptors (Lipinski definition) is 2. The van der Waals surface area contributed by atoms with E-state index in [1.165, 1.54) is 24.8 Å². The van der Waals surface area contributed by atoms with Crippen molar-refractivity contribution in [3.8, 4) is 5.88 Å². The van der Waals surface area contributed by atoms with Gasteiger partial charge in [-0.25, -0.2) is 0 Å². The molecule has 0 bridgehead atoms. The van der Waals surface area contributed by atoms with Gasteiger partial charge in [0, 0.05) is 5.22 Å². The van der Waals surface area contributed by atoms with Crippen LogP contribution >= 0.6 is 12.2 Å². The Morgan fingerprint density at radius 3 is 2.72 bits per heavy atom. The average molecular weight is 353 g/mol. The second-order valence-corrected chi connectivity index (χ2v) is 7.04. The molecule has 4 rings (SSSR count). The summed E-state index contributed by atoms with van der Waals surface area (Å²) < 4.78 is 2.75. The molecule has 2 aliphatic rings. The van der Waals surface area contributed by atoms with E-state index in [4.69, 9.17) is 17.2 Å². The number of nitrogens with zero attached hydrogens (tertiary/aromatic N) is 2. The van der Waals surface area contributed by atoms with Crippen molar-refractivity contribution in [3.63, 3.8) is 0 Å². The van der Waals surface area contributed by atoms with Gasteiger partial charge < -0.3 is 15.1 Å². The molecule has 3 N–H and O–H groups in total. The molecule has 1 fully saturated rings. The summed E-state index contributed by atoms with van der Waals surface area (Å²) in [6.07, 6.45) is 7.70. The van der Waals surface area contributed by atoms with Crippen LogP contribution in [0.4, 0.5) is 0 Å². The molecule has 0 radical (unpaired) electrons. The first kappa shape index (κ1) is 16.0. The highest BCUT2D eigenvalue weighted by molar-refractivity contribution is 7.71. The van der Waals surface area contributed by atoms with Crippen LogP contribution in [0.2, 0.25) is 0 Å². The highest BCUT2D eigenvalue weighted by Crippen LogP contribution is 2.18. The molecule has 1 aromatic heterocycles. The van der Waals surface area contributed by atoms with Crippen LogP contribution in [-0.2, 0) is 0 Å². The number of aromatic hydroxyl groups is 1. The van der Waals surface area contributed by atoms with Crippen molar-refractivity contribution in [1.82, 2.24) is 9.97 Å². The van der Waals surface area contributed by atoms with Crippen molar-refractivity contribution < 1.29 is 9.68 Å². The molecule has 128 valence electrons. The molecule has 0 saturated carbocycles. The van der Waals surface area contributed by atoms with Crippen LogP contribution in [0.1, 0.15) is 30.5 Å². The Hall–Kier alpha value is -2.47. The van der Waals surface area contributed by atoms with Crippen LogP contribution in [0.5, 0.6) is 5.88 Å². The summed E-state index contributed by atoms with van der Waals surface area (Å²) in [4.78, 5) is 10.6. The number of fused-ring (bicyclic) bond motifs is 1. The predicted molar refractivity (Wildman–Crippen MR) is 101 cm³/mol. The van der Waals surface area contributed by atoms with Crippen LogP contribution < -0.4 is 10.6 Å². The molecule has 2 aromatic rings. The van der Waals surface area contributed by atoms with Crippen molar-refractivity contribution >= 4 is 30.2 Å². The first-order valence-electron chi connectivity index (χ1n) is 8.62.